The maximum absolute atomic E-state index is 12.3. The molecule has 0 saturated carbocycles. The highest BCUT2D eigenvalue weighted by Gasteiger charge is 2.26. The fourth-order valence-electron chi connectivity index (χ4n) is 2.91. The second kappa shape index (κ2) is 7.50. The topological polar surface area (TPSA) is 20.3 Å². The van der Waals surface area contributed by atoms with Crippen LogP contribution in [0.3, 0.4) is 0 Å². The molecule has 0 aromatic heterocycles. The summed E-state index contributed by atoms with van der Waals surface area (Å²) >= 11 is 1.71. The molecule has 3 heteroatoms. The minimum atomic E-state index is 0.277. The summed E-state index contributed by atoms with van der Waals surface area (Å²) in [5.41, 5.74) is 2.64. The predicted molar refractivity (Wildman–Crippen MR) is 93.0 cm³/mol. The SMILES string of the molecule is O=C(CSCc1ccccc1)N1CCC(c2ccccc2)C1. The van der Waals surface area contributed by atoms with Crippen LogP contribution < -0.4 is 0 Å². The zero-order chi connectivity index (χ0) is 15.2. The van der Waals surface area contributed by atoms with Crippen LogP contribution in [0.4, 0.5) is 0 Å². The maximum Gasteiger partial charge on any atom is 0.232 e. The lowest BCUT2D eigenvalue weighted by molar-refractivity contribution is -0.127. The number of benzene rings is 2. The summed E-state index contributed by atoms with van der Waals surface area (Å²) in [6.07, 6.45) is 1.08. The van der Waals surface area contributed by atoms with Crippen molar-refractivity contribution in [3.05, 3.63) is 71.8 Å². The highest BCUT2D eigenvalue weighted by atomic mass is 32.2. The molecule has 0 radical (unpaired) electrons. The Kier molecular flexibility index (Phi) is 5.17. The van der Waals surface area contributed by atoms with Crippen LogP contribution in [0.15, 0.2) is 60.7 Å². The average molecular weight is 311 g/mol. The second-order valence-corrected chi connectivity index (χ2v) is 6.70. The van der Waals surface area contributed by atoms with Crippen molar-refractivity contribution in [1.82, 2.24) is 4.90 Å². The van der Waals surface area contributed by atoms with Gasteiger partial charge < -0.3 is 4.90 Å². The molecule has 1 unspecified atom stereocenters. The van der Waals surface area contributed by atoms with E-state index in [1.54, 1.807) is 11.8 Å². The van der Waals surface area contributed by atoms with E-state index in [1.165, 1.54) is 11.1 Å². The Morgan fingerprint density at radius 1 is 1.05 bits per heavy atom. The zero-order valence-electron chi connectivity index (χ0n) is 12.7. The molecule has 1 atom stereocenters. The number of likely N-dealkylation sites (tertiary alicyclic amines) is 1. The molecule has 0 bridgehead atoms. The lowest BCUT2D eigenvalue weighted by Crippen LogP contribution is -2.30. The third-order valence-corrected chi connectivity index (χ3v) is 5.14. The van der Waals surface area contributed by atoms with Gasteiger partial charge in [0.1, 0.15) is 0 Å². The Hall–Kier alpha value is -1.74. The van der Waals surface area contributed by atoms with E-state index in [0.717, 1.165) is 25.3 Å². The van der Waals surface area contributed by atoms with Crippen LogP contribution in [-0.4, -0.2) is 29.6 Å². The van der Waals surface area contributed by atoms with Crippen molar-refractivity contribution in [2.45, 2.75) is 18.1 Å². The van der Waals surface area contributed by atoms with Crippen molar-refractivity contribution in [1.29, 1.82) is 0 Å². The maximum atomic E-state index is 12.3. The number of rotatable bonds is 5. The Bertz CT molecular complexity index is 599. The van der Waals surface area contributed by atoms with Crippen LogP contribution in [0.25, 0.3) is 0 Å². The molecule has 0 aliphatic carbocycles. The van der Waals surface area contributed by atoms with Crippen LogP contribution in [0.2, 0.25) is 0 Å². The van der Waals surface area contributed by atoms with Gasteiger partial charge in [-0.3, -0.25) is 4.79 Å². The van der Waals surface area contributed by atoms with E-state index in [2.05, 4.69) is 36.4 Å². The molecule has 2 aromatic carbocycles. The Morgan fingerprint density at radius 3 is 2.45 bits per heavy atom. The van der Waals surface area contributed by atoms with Gasteiger partial charge in [0.25, 0.3) is 0 Å². The Morgan fingerprint density at radius 2 is 1.73 bits per heavy atom. The van der Waals surface area contributed by atoms with Gasteiger partial charge in [0.2, 0.25) is 5.91 Å². The summed E-state index contributed by atoms with van der Waals surface area (Å²) in [6, 6.07) is 20.9. The van der Waals surface area contributed by atoms with Gasteiger partial charge >= 0.3 is 0 Å². The van der Waals surface area contributed by atoms with Gasteiger partial charge in [-0.1, -0.05) is 60.7 Å². The first kappa shape index (κ1) is 15.2. The number of thioether (sulfide) groups is 1. The molecule has 114 valence electrons. The normalized spacial score (nSPS) is 17.6. The van der Waals surface area contributed by atoms with Crippen LogP contribution >= 0.6 is 11.8 Å². The smallest absolute Gasteiger partial charge is 0.232 e. The van der Waals surface area contributed by atoms with Crippen LogP contribution in [0.1, 0.15) is 23.5 Å². The molecule has 3 rings (SSSR count). The summed E-state index contributed by atoms with van der Waals surface area (Å²) < 4.78 is 0. The number of hydrogen-bond acceptors (Lipinski definition) is 2. The third kappa shape index (κ3) is 3.92. The molecule has 22 heavy (non-hydrogen) atoms. The zero-order valence-corrected chi connectivity index (χ0v) is 13.5. The van der Waals surface area contributed by atoms with Crippen molar-refractivity contribution < 1.29 is 4.79 Å². The number of nitrogens with zero attached hydrogens (tertiary/aromatic N) is 1. The molecule has 1 aliphatic heterocycles. The van der Waals surface area contributed by atoms with E-state index in [1.807, 2.05) is 29.2 Å². The minimum Gasteiger partial charge on any atom is -0.341 e. The van der Waals surface area contributed by atoms with Crippen molar-refractivity contribution in [2.24, 2.45) is 0 Å². The van der Waals surface area contributed by atoms with Gasteiger partial charge in [0.05, 0.1) is 5.75 Å². The summed E-state index contributed by atoms with van der Waals surface area (Å²) in [7, 11) is 0. The summed E-state index contributed by atoms with van der Waals surface area (Å²) in [4.78, 5) is 14.3. The van der Waals surface area contributed by atoms with E-state index >= 15 is 0 Å². The van der Waals surface area contributed by atoms with E-state index in [4.69, 9.17) is 0 Å². The second-order valence-electron chi connectivity index (χ2n) is 5.71. The molecule has 1 amide bonds. The molecular weight excluding hydrogens is 290 g/mol. The molecule has 1 aliphatic rings. The van der Waals surface area contributed by atoms with Crippen molar-refractivity contribution in [2.75, 3.05) is 18.8 Å². The van der Waals surface area contributed by atoms with Crippen LogP contribution in [0.5, 0.6) is 0 Å². The van der Waals surface area contributed by atoms with E-state index in [-0.39, 0.29) is 5.91 Å². The fraction of sp³-hybridized carbons (Fsp3) is 0.316. The van der Waals surface area contributed by atoms with Crippen molar-refractivity contribution in [3.63, 3.8) is 0 Å². The average Bonchev–Trinajstić information content (AvgIpc) is 3.07. The first-order valence-electron chi connectivity index (χ1n) is 7.77. The predicted octanol–water partition coefficient (Wildman–Crippen LogP) is 3.94. The van der Waals surface area contributed by atoms with Gasteiger partial charge in [0, 0.05) is 24.8 Å². The first-order chi connectivity index (χ1) is 10.8. The number of hydrogen-bond donors (Lipinski definition) is 0. The van der Waals surface area contributed by atoms with E-state index in [9.17, 15) is 4.79 Å². The molecule has 1 fully saturated rings. The summed E-state index contributed by atoms with van der Waals surface area (Å²) in [6.45, 7) is 1.76. The number of amides is 1. The highest BCUT2D eigenvalue weighted by molar-refractivity contribution is 7.99. The highest BCUT2D eigenvalue weighted by Crippen LogP contribution is 2.27. The molecule has 0 N–H and O–H groups in total. The Labute approximate surface area is 136 Å². The molecule has 0 spiro atoms. The molecule has 1 saturated heterocycles. The lowest BCUT2D eigenvalue weighted by atomic mass is 9.99. The molecule has 1 heterocycles. The first-order valence-corrected chi connectivity index (χ1v) is 8.93. The summed E-state index contributed by atoms with van der Waals surface area (Å²) in [5.74, 6) is 2.27. The lowest BCUT2D eigenvalue weighted by Gasteiger charge is -2.16. The molecular formula is C19H21NOS. The molecule has 2 nitrogen and oxygen atoms in total. The van der Waals surface area contributed by atoms with Gasteiger partial charge in [-0.05, 0) is 17.5 Å². The standard InChI is InChI=1S/C19H21NOS/c21-19(15-22-14-16-7-3-1-4-8-16)20-12-11-18(13-20)17-9-5-2-6-10-17/h1-10,18H,11-15H2. The largest absolute Gasteiger partial charge is 0.341 e. The van der Waals surface area contributed by atoms with Gasteiger partial charge in [-0.25, -0.2) is 0 Å². The van der Waals surface area contributed by atoms with E-state index in [0.29, 0.717) is 11.7 Å². The monoisotopic (exact) mass is 311 g/mol. The van der Waals surface area contributed by atoms with Gasteiger partial charge in [0.15, 0.2) is 0 Å². The van der Waals surface area contributed by atoms with E-state index < -0.39 is 0 Å². The third-order valence-electron chi connectivity index (χ3n) is 4.15. The fourth-order valence-corrected chi connectivity index (χ4v) is 3.79. The van der Waals surface area contributed by atoms with Crippen LogP contribution in [0, 0.1) is 0 Å². The number of carbonyl (C=O) groups is 1. The van der Waals surface area contributed by atoms with Crippen LogP contribution in [-0.2, 0) is 10.5 Å². The van der Waals surface area contributed by atoms with Gasteiger partial charge in [-0.2, -0.15) is 0 Å². The summed E-state index contributed by atoms with van der Waals surface area (Å²) in [5, 5.41) is 0. The number of carbonyl (C=O) groups excluding carboxylic acids is 1. The van der Waals surface area contributed by atoms with Crippen molar-refractivity contribution >= 4 is 17.7 Å². The minimum absolute atomic E-state index is 0.277. The Balaban J connectivity index is 1.46. The quantitative estimate of drug-likeness (QED) is 0.834. The molecule has 2 aromatic rings. The van der Waals surface area contributed by atoms with Crippen molar-refractivity contribution in [3.8, 4) is 0 Å². The van der Waals surface area contributed by atoms with Gasteiger partial charge in [-0.15, -0.1) is 11.8 Å².